The van der Waals surface area contributed by atoms with E-state index in [0.29, 0.717) is 6.04 Å². The fourth-order valence-electron chi connectivity index (χ4n) is 2.21. The minimum atomic E-state index is 0.634. The fourth-order valence-corrected chi connectivity index (χ4v) is 2.21. The quantitative estimate of drug-likeness (QED) is 0.769. The number of hydrogen-bond acceptors (Lipinski definition) is 2. The van der Waals surface area contributed by atoms with E-state index in [1.165, 1.54) is 17.5 Å². The molecule has 0 amide bonds. The van der Waals surface area contributed by atoms with E-state index in [9.17, 15) is 0 Å². The molecule has 0 saturated heterocycles. The Kier molecular flexibility index (Phi) is 2.73. The van der Waals surface area contributed by atoms with Crippen LogP contribution < -0.4 is 10.1 Å². The Balaban J connectivity index is 2.30. The highest BCUT2D eigenvalue weighted by molar-refractivity contribution is 5.42. The Morgan fingerprint density at radius 3 is 3.00 bits per heavy atom. The monoisotopic (exact) mass is 191 g/mol. The molecule has 1 aromatic rings. The molecular weight excluding hydrogens is 174 g/mol. The number of nitrogens with one attached hydrogen (secondary N) is 1. The molecule has 0 saturated carbocycles. The van der Waals surface area contributed by atoms with Crippen LogP contribution in [0.1, 0.15) is 17.5 Å². The van der Waals surface area contributed by atoms with Crippen molar-refractivity contribution in [3.63, 3.8) is 0 Å². The Labute approximate surface area is 85.3 Å². The molecule has 0 aromatic heterocycles. The second-order valence-corrected chi connectivity index (χ2v) is 3.83. The average Bonchev–Trinajstić information content (AvgIpc) is 2.27. The highest BCUT2D eigenvalue weighted by atomic mass is 16.5. The van der Waals surface area contributed by atoms with Crippen molar-refractivity contribution in [1.29, 1.82) is 0 Å². The van der Waals surface area contributed by atoms with Crippen LogP contribution in [-0.4, -0.2) is 20.2 Å². The number of ether oxygens (including phenoxy) is 1. The number of likely N-dealkylation sites (N-methyl/N-ethyl adjacent to an activating group) is 1. The summed E-state index contributed by atoms with van der Waals surface area (Å²) in [5, 5.41) is 3.34. The zero-order valence-corrected chi connectivity index (χ0v) is 8.84. The first kappa shape index (κ1) is 9.53. The lowest BCUT2D eigenvalue weighted by Gasteiger charge is -2.25. The van der Waals surface area contributed by atoms with Crippen LogP contribution in [0.5, 0.6) is 5.75 Å². The summed E-state index contributed by atoms with van der Waals surface area (Å²) < 4.78 is 5.36. The van der Waals surface area contributed by atoms with Gasteiger partial charge < -0.3 is 10.1 Å². The van der Waals surface area contributed by atoms with E-state index in [4.69, 9.17) is 4.74 Å². The number of fused-ring (bicyclic) bond motifs is 1. The largest absolute Gasteiger partial charge is 0.496 e. The van der Waals surface area contributed by atoms with Crippen LogP contribution in [0.4, 0.5) is 0 Å². The Morgan fingerprint density at radius 2 is 2.29 bits per heavy atom. The maximum absolute atomic E-state index is 5.36. The molecule has 1 unspecified atom stereocenters. The van der Waals surface area contributed by atoms with E-state index in [1.807, 2.05) is 7.05 Å². The van der Waals surface area contributed by atoms with Crippen molar-refractivity contribution in [1.82, 2.24) is 5.32 Å². The minimum Gasteiger partial charge on any atom is -0.496 e. The summed E-state index contributed by atoms with van der Waals surface area (Å²) in [4.78, 5) is 0. The topological polar surface area (TPSA) is 21.3 Å². The smallest absolute Gasteiger partial charge is 0.122 e. The third-order valence-corrected chi connectivity index (χ3v) is 3.07. The van der Waals surface area contributed by atoms with Gasteiger partial charge in [-0.25, -0.2) is 0 Å². The lowest BCUT2D eigenvalue weighted by molar-refractivity contribution is 0.400. The zero-order valence-electron chi connectivity index (χ0n) is 8.84. The molecule has 2 rings (SSSR count). The first-order valence-corrected chi connectivity index (χ1v) is 5.17. The van der Waals surface area contributed by atoms with Gasteiger partial charge in [0.05, 0.1) is 7.11 Å². The second kappa shape index (κ2) is 4.01. The van der Waals surface area contributed by atoms with Crippen LogP contribution >= 0.6 is 0 Å². The van der Waals surface area contributed by atoms with Crippen molar-refractivity contribution in [3.05, 3.63) is 29.3 Å². The van der Waals surface area contributed by atoms with Crippen molar-refractivity contribution in [3.8, 4) is 5.75 Å². The first-order chi connectivity index (χ1) is 6.85. The molecule has 0 aliphatic heterocycles. The van der Waals surface area contributed by atoms with Gasteiger partial charge in [0.15, 0.2) is 0 Å². The van der Waals surface area contributed by atoms with Crippen LogP contribution in [0.15, 0.2) is 18.2 Å². The fraction of sp³-hybridized carbons (Fsp3) is 0.500. The standard InChI is InChI=1S/C12H17NO/c1-13-10-6-7-11-9(8-10)4-3-5-12(11)14-2/h3-5,10,13H,6-8H2,1-2H3. The lowest BCUT2D eigenvalue weighted by atomic mass is 9.88. The molecule has 1 aliphatic carbocycles. The van der Waals surface area contributed by atoms with Crippen LogP contribution in [0.25, 0.3) is 0 Å². The van der Waals surface area contributed by atoms with Gasteiger partial charge in [0.2, 0.25) is 0 Å². The summed E-state index contributed by atoms with van der Waals surface area (Å²) in [6.07, 6.45) is 3.47. The van der Waals surface area contributed by atoms with E-state index in [-0.39, 0.29) is 0 Å². The first-order valence-electron chi connectivity index (χ1n) is 5.17. The molecule has 1 N–H and O–H groups in total. The summed E-state index contributed by atoms with van der Waals surface area (Å²) >= 11 is 0. The molecule has 1 atom stereocenters. The van der Waals surface area contributed by atoms with Gasteiger partial charge in [0.25, 0.3) is 0 Å². The van der Waals surface area contributed by atoms with Crippen LogP contribution in [-0.2, 0) is 12.8 Å². The Hall–Kier alpha value is -1.02. The normalized spacial score (nSPS) is 20.3. The van der Waals surface area contributed by atoms with Gasteiger partial charge in [-0.05, 0) is 43.5 Å². The third-order valence-electron chi connectivity index (χ3n) is 3.07. The Bertz CT molecular complexity index is 322. The maximum Gasteiger partial charge on any atom is 0.122 e. The van der Waals surface area contributed by atoms with E-state index in [0.717, 1.165) is 18.6 Å². The van der Waals surface area contributed by atoms with Crippen LogP contribution in [0, 0.1) is 0 Å². The van der Waals surface area contributed by atoms with Gasteiger partial charge in [0, 0.05) is 6.04 Å². The number of rotatable bonds is 2. The summed E-state index contributed by atoms with van der Waals surface area (Å²) in [6, 6.07) is 6.98. The maximum atomic E-state index is 5.36. The second-order valence-electron chi connectivity index (χ2n) is 3.83. The van der Waals surface area contributed by atoms with Gasteiger partial charge in [-0.2, -0.15) is 0 Å². The number of benzene rings is 1. The minimum absolute atomic E-state index is 0.634. The molecule has 0 bridgehead atoms. The Morgan fingerprint density at radius 1 is 1.43 bits per heavy atom. The SMILES string of the molecule is CNC1CCc2c(cccc2OC)C1. The number of methoxy groups -OCH3 is 1. The molecule has 1 aromatic carbocycles. The summed E-state index contributed by atoms with van der Waals surface area (Å²) in [6.45, 7) is 0. The van der Waals surface area contributed by atoms with Gasteiger partial charge in [-0.1, -0.05) is 12.1 Å². The van der Waals surface area contributed by atoms with E-state index in [2.05, 4.69) is 23.5 Å². The summed E-state index contributed by atoms with van der Waals surface area (Å²) in [7, 11) is 3.79. The molecule has 1 aliphatic rings. The lowest BCUT2D eigenvalue weighted by Crippen LogP contribution is -2.31. The molecular formula is C12H17NO. The molecule has 2 heteroatoms. The van der Waals surface area contributed by atoms with E-state index >= 15 is 0 Å². The molecule has 76 valence electrons. The highest BCUT2D eigenvalue weighted by Gasteiger charge is 2.19. The molecule has 14 heavy (non-hydrogen) atoms. The van der Waals surface area contributed by atoms with Gasteiger partial charge in [0.1, 0.15) is 5.75 Å². The van der Waals surface area contributed by atoms with E-state index < -0.39 is 0 Å². The molecule has 0 radical (unpaired) electrons. The predicted molar refractivity (Wildman–Crippen MR) is 57.9 cm³/mol. The molecule has 0 spiro atoms. The summed E-state index contributed by atoms with van der Waals surface area (Å²) in [5.41, 5.74) is 2.84. The van der Waals surface area contributed by atoms with Crippen LogP contribution in [0.3, 0.4) is 0 Å². The van der Waals surface area contributed by atoms with E-state index in [1.54, 1.807) is 7.11 Å². The molecule has 0 heterocycles. The van der Waals surface area contributed by atoms with Crippen molar-refractivity contribution < 1.29 is 4.74 Å². The summed E-state index contributed by atoms with van der Waals surface area (Å²) in [5.74, 6) is 1.05. The highest BCUT2D eigenvalue weighted by Crippen LogP contribution is 2.29. The van der Waals surface area contributed by atoms with Gasteiger partial charge in [-0.15, -0.1) is 0 Å². The molecule has 0 fully saturated rings. The van der Waals surface area contributed by atoms with Gasteiger partial charge >= 0.3 is 0 Å². The van der Waals surface area contributed by atoms with Gasteiger partial charge in [-0.3, -0.25) is 0 Å². The van der Waals surface area contributed by atoms with Crippen molar-refractivity contribution in [2.75, 3.05) is 14.2 Å². The van der Waals surface area contributed by atoms with Crippen molar-refractivity contribution >= 4 is 0 Å². The van der Waals surface area contributed by atoms with Crippen LogP contribution in [0.2, 0.25) is 0 Å². The molecule has 2 nitrogen and oxygen atoms in total. The third kappa shape index (κ3) is 1.62. The van der Waals surface area contributed by atoms with Crippen molar-refractivity contribution in [2.45, 2.75) is 25.3 Å². The number of hydrogen-bond donors (Lipinski definition) is 1. The average molecular weight is 191 g/mol. The zero-order chi connectivity index (χ0) is 9.97. The predicted octanol–water partition coefficient (Wildman–Crippen LogP) is 1.77. The van der Waals surface area contributed by atoms with Crippen molar-refractivity contribution in [2.24, 2.45) is 0 Å².